The van der Waals surface area contributed by atoms with E-state index in [1.807, 2.05) is 0 Å². The van der Waals surface area contributed by atoms with Gasteiger partial charge < -0.3 is 15.1 Å². The molecule has 18 heavy (non-hydrogen) atoms. The summed E-state index contributed by atoms with van der Waals surface area (Å²) < 4.78 is 5.32. The minimum absolute atomic E-state index is 0.163. The Hall–Kier alpha value is -0.960. The van der Waals surface area contributed by atoms with Crippen molar-refractivity contribution in [2.24, 2.45) is 5.10 Å². The molecule has 1 heterocycles. The molecule has 7 heteroatoms. The molecule has 0 bridgehead atoms. The lowest BCUT2D eigenvalue weighted by atomic mass is 9.83. The van der Waals surface area contributed by atoms with Gasteiger partial charge in [-0.05, 0) is 35.4 Å². The van der Waals surface area contributed by atoms with Gasteiger partial charge in [0.2, 0.25) is 0 Å². The van der Waals surface area contributed by atoms with E-state index in [0.717, 1.165) is 18.5 Å². The third-order valence-corrected chi connectivity index (χ3v) is 3.61. The van der Waals surface area contributed by atoms with E-state index in [9.17, 15) is 5.11 Å². The number of aliphatic hydroxyl groups excluding tert-OH is 1. The predicted molar refractivity (Wildman–Crippen MR) is 76.3 cm³/mol. The molecule has 2 rings (SSSR count). The van der Waals surface area contributed by atoms with Crippen LogP contribution in [0.5, 0.6) is 0 Å². The highest BCUT2D eigenvalue weighted by Crippen LogP contribution is 2.36. The Morgan fingerprint density at radius 2 is 2.44 bits per heavy atom. The van der Waals surface area contributed by atoms with Crippen molar-refractivity contribution in [2.75, 3.05) is 7.05 Å². The number of hydrazone groups is 1. The minimum Gasteiger partial charge on any atom is -0.378 e. The van der Waals surface area contributed by atoms with Crippen LogP contribution in [0.3, 0.4) is 0 Å². The molecule has 6 nitrogen and oxygen atoms in total. The van der Waals surface area contributed by atoms with Crippen molar-refractivity contribution in [2.45, 2.75) is 31.3 Å². The summed E-state index contributed by atoms with van der Waals surface area (Å²) in [5, 5.41) is 25.5. The normalized spacial score (nSPS) is 18.3. The molecule has 0 spiro atoms. The number of aromatic nitrogens is 1. The molecule has 0 radical (unpaired) electrons. The van der Waals surface area contributed by atoms with Gasteiger partial charge in [0.25, 0.3) is 0 Å². The van der Waals surface area contributed by atoms with Gasteiger partial charge in [0, 0.05) is 19.0 Å². The van der Waals surface area contributed by atoms with Gasteiger partial charge in [-0.3, -0.25) is 5.41 Å². The van der Waals surface area contributed by atoms with E-state index >= 15 is 0 Å². The van der Waals surface area contributed by atoms with Crippen molar-refractivity contribution in [1.29, 1.82) is 5.41 Å². The number of hydrogen-bond acceptors (Lipinski definition) is 6. The third-order valence-electron chi connectivity index (χ3n) is 3.06. The van der Waals surface area contributed by atoms with Crippen LogP contribution in [0.1, 0.15) is 42.7 Å². The zero-order valence-electron chi connectivity index (χ0n) is 9.98. The first kappa shape index (κ1) is 13.5. The van der Waals surface area contributed by atoms with Gasteiger partial charge in [0.15, 0.2) is 11.9 Å². The number of aliphatic hydroxyl groups is 1. The molecule has 1 saturated carbocycles. The lowest BCUT2D eigenvalue weighted by Crippen LogP contribution is -2.20. The van der Waals surface area contributed by atoms with Crippen molar-refractivity contribution in [3.8, 4) is 0 Å². The van der Waals surface area contributed by atoms with Crippen molar-refractivity contribution in [3.05, 3.63) is 17.5 Å². The fraction of sp³-hybridized carbons (Fsp3) is 0.545. The molecule has 1 aliphatic rings. The van der Waals surface area contributed by atoms with E-state index in [2.05, 4.69) is 15.7 Å². The second-order valence-corrected chi connectivity index (χ2v) is 5.30. The highest BCUT2D eigenvalue weighted by molar-refractivity contribution is 14.1. The van der Waals surface area contributed by atoms with E-state index in [-0.39, 0.29) is 9.43 Å². The summed E-state index contributed by atoms with van der Waals surface area (Å²) in [6.07, 6.45) is 2.42. The van der Waals surface area contributed by atoms with Crippen molar-refractivity contribution in [1.82, 2.24) is 10.6 Å². The average molecular weight is 362 g/mol. The molecule has 0 aliphatic heterocycles. The summed E-state index contributed by atoms with van der Waals surface area (Å²) in [7, 11) is 1.62. The Kier molecular flexibility index (Phi) is 4.33. The van der Waals surface area contributed by atoms with Gasteiger partial charge in [-0.1, -0.05) is 11.6 Å². The lowest BCUT2D eigenvalue weighted by Gasteiger charge is -2.22. The van der Waals surface area contributed by atoms with E-state index < -0.39 is 6.10 Å². The maximum atomic E-state index is 10.1. The Morgan fingerprint density at radius 1 is 1.72 bits per heavy atom. The first-order chi connectivity index (χ1) is 8.63. The van der Waals surface area contributed by atoms with Crippen LogP contribution in [0.2, 0.25) is 0 Å². The Labute approximate surface area is 118 Å². The summed E-state index contributed by atoms with van der Waals surface area (Å²) in [6.45, 7) is 0. The summed E-state index contributed by atoms with van der Waals surface area (Å²) in [5.41, 5.74) is 3.69. The van der Waals surface area contributed by atoms with Crippen LogP contribution in [-0.4, -0.2) is 26.7 Å². The van der Waals surface area contributed by atoms with Gasteiger partial charge in [-0.2, -0.15) is 5.10 Å². The molecule has 1 fully saturated rings. The second kappa shape index (κ2) is 5.79. The van der Waals surface area contributed by atoms with E-state index in [1.54, 1.807) is 35.7 Å². The first-order valence-electron chi connectivity index (χ1n) is 5.76. The van der Waals surface area contributed by atoms with Gasteiger partial charge in [-0.25, -0.2) is 0 Å². The molecule has 0 amide bonds. The molecule has 1 unspecified atom stereocenters. The van der Waals surface area contributed by atoms with Crippen LogP contribution < -0.4 is 5.43 Å². The summed E-state index contributed by atoms with van der Waals surface area (Å²) in [5.74, 6) is 0.797. The Morgan fingerprint density at radius 3 is 2.94 bits per heavy atom. The van der Waals surface area contributed by atoms with Crippen LogP contribution >= 0.6 is 22.6 Å². The zero-order valence-corrected chi connectivity index (χ0v) is 12.1. The maximum absolute atomic E-state index is 10.1. The predicted octanol–water partition coefficient (Wildman–Crippen LogP) is 1.96. The minimum atomic E-state index is -1.05. The van der Waals surface area contributed by atoms with E-state index in [1.165, 1.54) is 6.42 Å². The molecular weight excluding hydrogens is 347 g/mol. The lowest BCUT2D eigenvalue weighted by molar-refractivity contribution is 0.200. The number of nitrogens with one attached hydrogen (secondary N) is 2. The SMILES string of the molecule is CN/N=C(\C(=N)I)C(O)c1cc(C2CCC2)no1. The number of hydrogen-bond donors (Lipinski definition) is 3. The van der Waals surface area contributed by atoms with Crippen molar-refractivity contribution >= 4 is 32.0 Å². The van der Waals surface area contributed by atoms with Crippen LogP contribution in [0.15, 0.2) is 15.7 Å². The van der Waals surface area contributed by atoms with E-state index in [0.29, 0.717) is 11.7 Å². The Bertz CT molecular complexity index is 467. The number of nitrogens with zero attached hydrogens (tertiary/aromatic N) is 2. The quantitative estimate of drug-likeness (QED) is 0.424. The van der Waals surface area contributed by atoms with E-state index in [4.69, 9.17) is 9.93 Å². The highest BCUT2D eigenvalue weighted by Gasteiger charge is 2.27. The fourth-order valence-electron chi connectivity index (χ4n) is 1.81. The topological polar surface area (TPSA) is 94.5 Å². The van der Waals surface area contributed by atoms with Crippen LogP contribution in [-0.2, 0) is 0 Å². The molecule has 3 N–H and O–H groups in total. The van der Waals surface area contributed by atoms with Crippen LogP contribution in [0.25, 0.3) is 0 Å². The van der Waals surface area contributed by atoms with Gasteiger partial charge >= 0.3 is 0 Å². The average Bonchev–Trinajstić information content (AvgIpc) is 2.71. The monoisotopic (exact) mass is 362 g/mol. The van der Waals surface area contributed by atoms with Crippen LogP contribution in [0, 0.1) is 5.41 Å². The summed E-state index contributed by atoms with van der Waals surface area (Å²) in [6, 6.07) is 1.76. The fourth-order valence-corrected chi connectivity index (χ4v) is 2.23. The zero-order chi connectivity index (χ0) is 13.1. The highest BCUT2D eigenvalue weighted by atomic mass is 127. The number of rotatable bonds is 5. The molecule has 0 saturated heterocycles. The van der Waals surface area contributed by atoms with Gasteiger partial charge in [0.05, 0.1) is 5.69 Å². The summed E-state index contributed by atoms with van der Waals surface area (Å²) >= 11 is 1.80. The van der Waals surface area contributed by atoms with Gasteiger partial charge in [0.1, 0.15) is 9.43 Å². The molecule has 0 aromatic carbocycles. The van der Waals surface area contributed by atoms with Gasteiger partial charge in [-0.15, -0.1) is 0 Å². The van der Waals surface area contributed by atoms with Crippen LogP contribution in [0.4, 0.5) is 0 Å². The molecule has 98 valence electrons. The summed E-state index contributed by atoms with van der Waals surface area (Å²) in [4.78, 5) is 0. The molecule has 1 atom stereocenters. The first-order valence-corrected chi connectivity index (χ1v) is 6.84. The van der Waals surface area contributed by atoms with Crippen molar-refractivity contribution < 1.29 is 9.63 Å². The second-order valence-electron chi connectivity index (χ2n) is 4.22. The molecule has 1 aromatic rings. The smallest absolute Gasteiger partial charge is 0.171 e. The molecule has 1 aromatic heterocycles. The molecular formula is C11H15IN4O2. The standard InChI is InChI=1S/C11H15IN4O2/c1-14-15-9(11(12)13)10(17)8-5-7(16-18-8)6-3-2-4-6/h5-6,10,13-14,17H,2-4H2,1H3/b13-11?,15-9-. The third kappa shape index (κ3) is 2.72. The Balaban J connectivity index is 2.16. The number of halogens is 1. The molecule has 1 aliphatic carbocycles. The largest absolute Gasteiger partial charge is 0.378 e. The van der Waals surface area contributed by atoms with Crippen molar-refractivity contribution in [3.63, 3.8) is 0 Å². The maximum Gasteiger partial charge on any atom is 0.171 e.